The van der Waals surface area contributed by atoms with Gasteiger partial charge >= 0.3 is 0 Å². The highest BCUT2D eigenvalue weighted by molar-refractivity contribution is 7.99. The van der Waals surface area contributed by atoms with E-state index in [-0.39, 0.29) is 5.84 Å². The first-order valence-corrected chi connectivity index (χ1v) is 6.02. The maximum Gasteiger partial charge on any atom is 0.124 e. The normalized spacial score (nSPS) is 10.2. The monoisotopic (exact) mass is 243 g/mol. The fourth-order valence-corrected chi connectivity index (χ4v) is 2.08. The predicted molar refractivity (Wildman–Crippen MR) is 70.6 cm³/mol. The topological polar surface area (TPSA) is 62.8 Å². The number of benzene rings is 1. The number of aromatic nitrogens is 1. The van der Waals surface area contributed by atoms with Crippen molar-refractivity contribution in [3.8, 4) is 0 Å². The van der Waals surface area contributed by atoms with Crippen molar-refractivity contribution in [3.63, 3.8) is 0 Å². The van der Waals surface area contributed by atoms with Crippen molar-refractivity contribution in [2.24, 2.45) is 5.73 Å². The molecule has 0 bridgehead atoms. The maximum atomic E-state index is 7.28. The maximum absolute atomic E-state index is 7.28. The van der Waals surface area contributed by atoms with E-state index in [1.165, 1.54) is 5.56 Å². The zero-order valence-electron chi connectivity index (χ0n) is 9.47. The lowest BCUT2D eigenvalue weighted by Gasteiger charge is -2.02. The van der Waals surface area contributed by atoms with Crippen molar-refractivity contribution in [1.29, 1.82) is 5.41 Å². The molecule has 0 aliphatic heterocycles. The summed E-state index contributed by atoms with van der Waals surface area (Å²) in [4.78, 5) is 5.41. The van der Waals surface area contributed by atoms with Gasteiger partial charge in [0.05, 0.1) is 0 Å². The zero-order chi connectivity index (χ0) is 12.3. The SMILES string of the molecule is Cc1ccc(Sc2ccc(C(=N)N)cn2)cc1. The summed E-state index contributed by atoms with van der Waals surface area (Å²) in [6, 6.07) is 12.0. The predicted octanol–water partition coefficient (Wildman–Crippen LogP) is 2.83. The summed E-state index contributed by atoms with van der Waals surface area (Å²) in [6.45, 7) is 2.06. The van der Waals surface area contributed by atoms with Gasteiger partial charge < -0.3 is 5.73 Å². The number of pyridine rings is 1. The molecular weight excluding hydrogens is 230 g/mol. The number of nitrogen functional groups attached to an aromatic ring is 1. The molecule has 3 N–H and O–H groups in total. The van der Waals surface area contributed by atoms with E-state index in [9.17, 15) is 0 Å². The molecule has 17 heavy (non-hydrogen) atoms. The van der Waals surface area contributed by atoms with Crippen molar-refractivity contribution in [3.05, 3.63) is 53.7 Å². The van der Waals surface area contributed by atoms with E-state index in [1.54, 1.807) is 18.0 Å². The molecule has 0 radical (unpaired) electrons. The molecule has 0 atom stereocenters. The van der Waals surface area contributed by atoms with Gasteiger partial charge in [0.15, 0.2) is 0 Å². The van der Waals surface area contributed by atoms with Gasteiger partial charge in [-0.05, 0) is 31.2 Å². The van der Waals surface area contributed by atoms with Gasteiger partial charge in [-0.3, -0.25) is 5.41 Å². The van der Waals surface area contributed by atoms with E-state index in [0.717, 1.165) is 9.92 Å². The first-order chi connectivity index (χ1) is 8.15. The highest BCUT2D eigenvalue weighted by Crippen LogP contribution is 2.25. The lowest BCUT2D eigenvalue weighted by atomic mass is 10.2. The number of nitrogens with two attached hydrogens (primary N) is 1. The van der Waals surface area contributed by atoms with E-state index >= 15 is 0 Å². The Kier molecular flexibility index (Phi) is 3.44. The number of nitrogens with one attached hydrogen (secondary N) is 1. The molecule has 0 fully saturated rings. The zero-order valence-corrected chi connectivity index (χ0v) is 10.3. The fraction of sp³-hybridized carbons (Fsp3) is 0.0769. The van der Waals surface area contributed by atoms with Crippen LogP contribution in [0.5, 0.6) is 0 Å². The molecule has 86 valence electrons. The van der Waals surface area contributed by atoms with Gasteiger partial charge in [-0.15, -0.1) is 0 Å². The second-order valence-electron chi connectivity index (χ2n) is 3.71. The van der Waals surface area contributed by atoms with E-state index in [4.69, 9.17) is 11.1 Å². The minimum absolute atomic E-state index is 0.0457. The molecule has 1 aromatic heterocycles. The Bertz CT molecular complexity index is 517. The van der Waals surface area contributed by atoms with E-state index < -0.39 is 0 Å². The smallest absolute Gasteiger partial charge is 0.124 e. The van der Waals surface area contributed by atoms with Crippen molar-refractivity contribution in [2.45, 2.75) is 16.8 Å². The minimum atomic E-state index is 0.0457. The van der Waals surface area contributed by atoms with Gasteiger partial charge in [0.25, 0.3) is 0 Å². The molecule has 2 rings (SSSR count). The summed E-state index contributed by atoms with van der Waals surface area (Å²) < 4.78 is 0. The number of hydrogen-bond acceptors (Lipinski definition) is 3. The van der Waals surface area contributed by atoms with Crippen LogP contribution >= 0.6 is 11.8 Å². The van der Waals surface area contributed by atoms with Crippen LogP contribution in [0.3, 0.4) is 0 Å². The average molecular weight is 243 g/mol. The number of rotatable bonds is 3. The van der Waals surface area contributed by atoms with Crippen LogP contribution in [-0.2, 0) is 0 Å². The number of nitrogens with zero attached hydrogens (tertiary/aromatic N) is 1. The molecule has 0 aliphatic carbocycles. The lowest BCUT2D eigenvalue weighted by molar-refractivity contribution is 1.12. The van der Waals surface area contributed by atoms with Gasteiger partial charge in [0, 0.05) is 16.7 Å². The number of amidine groups is 1. The minimum Gasteiger partial charge on any atom is -0.384 e. The Morgan fingerprint density at radius 2 is 1.88 bits per heavy atom. The lowest BCUT2D eigenvalue weighted by Crippen LogP contribution is -2.10. The van der Waals surface area contributed by atoms with Gasteiger partial charge in [-0.1, -0.05) is 29.5 Å². The second-order valence-corrected chi connectivity index (χ2v) is 4.81. The van der Waals surface area contributed by atoms with Gasteiger partial charge in [0.1, 0.15) is 10.9 Å². The van der Waals surface area contributed by atoms with Gasteiger partial charge in [-0.25, -0.2) is 4.98 Å². The molecule has 0 aliphatic rings. The van der Waals surface area contributed by atoms with Crippen LogP contribution in [-0.4, -0.2) is 10.8 Å². The molecular formula is C13H13N3S. The third kappa shape index (κ3) is 3.07. The van der Waals surface area contributed by atoms with Crippen molar-refractivity contribution >= 4 is 17.6 Å². The van der Waals surface area contributed by atoms with Crippen LogP contribution < -0.4 is 5.73 Å². The number of aryl methyl sites for hydroxylation is 1. The Morgan fingerprint density at radius 3 is 2.41 bits per heavy atom. The molecule has 1 heterocycles. The van der Waals surface area contributed by atoms with Crippen LogP contribution in [0.2, 0.25) is 0 Å². The van der Waals surface area contributed by atoms with Crippen molar-refractivity contribution in [1.82, 2.24) is 4.98 Å². The van der Waals surface area contributed by atoms with Gasteiger partial charge in [0.2, 0.25) is 0 Å². The average Bonchev–Trinajstić information content (AvgIpc) is 2.33. The summed E-state index contributed by atoms with van der Waals surface area (Å²) in [6.07, 6.45) is 1.62. The third-order valence-corrected chi connectivity index (χ3v) is 3.25. The van der Waals surface area contributed by atoms with E-state index in [2.05, 4.69) is 36.2 Å². The van der Waals surface area contributed by atoms with Crippen LogP contribution in [0.4, 0.5) is 0 Å². The quantitative estimate of drug-likeness (QED) is 0.643. The Balaban J connectivity index is 2.13. The molecule has 1 aromatic carbocycles. The molecule has 0 saturated carbocycles. The van der Waals surface area contributed by atoms with Gasteiger partial charge in [-0.2, -0.15) is 0 Å². The van der Waals surface area contributed by atoms with Crippen molar-refractivity contribution < 1.29 is 0 Å². The second kappa shape index (κ2) is 5.01. The fourth-order valence-electron chi connectivity index (χ4n) is 1.33. The number of hydrogen-bond donors (Lipinski definition) is 2. The Labute approximate surface area is 105 Å². The summed E-state index contributed by atoms with van der Waals surface area (Å²) >= 11 is 1.59. The molecule has 2 aromatic rings. The van der Waals surface area contributed by atoms with E-state index in [1.807, 2.05) is 12.1 Å². The van der Waals surface area contributed by atoms with Crippen LogP contribution in [0, 0.1) is 12.3 Å². The largest absolute Gasteiger partial charge is 0.384 e. The molecule has 0 amide bonds. The Morgan fingerprint density at radius 1 is 1.18 bits per heavy atom. The third-order valence-electron chi connectivity index (χ3n) is 2.29. The molecule has 0 unspecified atom stereocenters. The standard InChI is InChI=1S/C13H13N3S/c1-9-2-5-11(6-3-9)17-12-7-4-10(8-16-12)13(14)15/h2-8H,1H3,(H3,14,15). The van der Waals surface area contributed by atoms with Crippen molar-refractivity contribution in [2.75, 3.05) is 0 Å². The van der Waals surface area contributed by atoms with Crippen LogP contribution in [0.15, 0.2) is 52.5 Å². The van der Waals surface area contributed by atoms with Crippen LogP contribution in [0.25, 0.3) is 0 Å². The van der Waals surface area contributed by atoms with E-state index in [0.29, 0.717) is 5.56 Å². The summed E-state index contributed by atoms with van der Waals surface area (Å²) in [7, 11) is 0. The molecule has 0 spiro atoms. The first-order valence-electron chi connectivity index (χ1n) is 5.20. The summed E-state index contributed by atoms with van der Waals surface area (Å²) in [5.74, 6) is 0.0457. The molecule has 4 heteroatoms. The highest BCUT2D eigenvalue weighted by atomic mass is 32.2. The molecule has 3 nitrogen and oxygen atoms in total. The first kappa shape index (κ1) is 11.7. The summed E-state index contributed by atoms with van der Waals surface area (Å²) in [5.41, 5.74) is 7.27. The highest BCUT2D eigenvalue weighted by Gasteiger charge is 2.00. The molecule has 0 saturated heterocycles. The van der Waals surface area contributed by atoms with Crippen LogP contribution in [0.1, 0.15) is 11.1 Å². The Hall–Kier alpha value is -1.81. The summed E-state index contributed by atoms with van der Waals surface area (Å²) in [5, 5.41) is 8.18.